The SMILES string of the molecule is CCC1(CC)CCN(C(=O)C2(CC)CCCN2)C1. The Balaban J connectivity index is 2.07. The van der Waals surface area contributed by atoms with Crippen molar-refractivity contribution in [2.75, 3.05) is 19.6 Å². The summed E-state index contributed by atoms with van der Waals surface area (Å²) in [5, 5.41) is 3.47. The van der Waals surface area contributed by atoms with E-state index in [0.29, 0.717) is 11.3 Å². The average Bonchev–Trinajstić information content (AvgIpc) is 3.06. The van der Waals surface area contributed by atoms with E-state index in [1.807, 2.05) is 0 Å². The Morgan fingerprint density at radius 3 is 2.33 bits per heavy atom. The summed E-state index contributed by atoms with van der Waals surface area (Å²) in [6, 6.07) is 0. The van der Waals surface area contributed by atoms with Gasteiger partial charge in [-0.3, -0.25) is 4.79 Å². The molecule has 2 heterocycles. The summed E-state index contributed by atoms with van der Waals surface area (Å²) in [6.45, 7) is 9.60. The van der Waals surface area contributed by atoms with E-state index >= 15 is 0 Å². The summed E-state index contributed by atoms with van der Waals surface area (Å²) in [4.78, 5) is 14.9. The van der Waals surface area contributed by atoms with Gasteiger partial charge in [-0.2, -0.15) is 0 Å². The smallest absolute Gasteiger partial charge is 0.242 e. The highest BCUT2D eigenvalue weighted by molar-refractivity contribution is 5.87. The number of amides is 1. The third kappa shape index (κ3) is 2.18. The molecule has 3 nitrogen and oxygen atoms in total. The van der Waals surface area contributed by atoms with Crippen molar-refractivity contribution in [2.24, 2.45) is 5.41 Å². The summed E-state index contributed by atoms with van der Waals surface area (Å²) in [6.07, 6.45) is 6.66. The van der Waals surface area contributed by atoms with Gasteiger partial charge in [-0.1, -0.05) is 20.8 Å². The molecule has 0 saturated carbocycles. The number of nitrogens with zero attached hydrogens (tertiary/aromatic N) is 1. The average molecular weight is 252 g/mol. The topological polar surface area (TPSA) is 32.3 Å². The zero-order chi connectivity index (χ0) is 13.2. The minimum absolute atomic E-state index is 0.239. The fourth-order valence-electron chi connectivity index (χ4n) is 3.68. The summed E-state index contributed by atoms with van der Waals surface area (Å²) in [5.41, 5.74) is 0.154. The second kappa shape index (κ2) is 5.20. The molecule has 2 aliphatic heterocycles. The van der Waals surface area contributed by atoms with Crippen LogP contribution in [-0.4, -0.2) is 36.0 Å². The van der Waals surface area contributed by atoms with Crippen LogP contribution in [0.5, 0.6) is 0 Å². The molecule has 2 rings (SSSR count). The van der Waals surface area contributed by atoms with E-state index in [1.54, 1.807) is 0 Å². The molecule has 0 aromatic carbocycles. The standard InChI is InChI=1S/C15H28N2O/c1-4-14(5-2)9-11-17(12-14)13(18)15(6-3)8-7-10-16-15/h16H,4-12H2,1-3H3. The molecule has 0 aliphatic carbocycles. The van der Waals surface area contributed by atoms with E-state index in [0.717, 1.165) is 38.9 Å². The van der Waals surface area contributed by atoms with Crippen molar-refractivity contribution in [3.63, 3.8) is 0 Å². The van der Waals surface area contributed by atoms with Gasteiger partial charge < -0.3 is 10.2 Å². The molecule has 2 saturated heterocycles. The van der Waals surface area contributed by atoms with Crippen LogP contribution < -0.4 is 5.32 Å². The summed E-state index contributed by atoms with van der Waals surface area (Å²) >= 11 is 0. The third-order valence-electron chi connectivity index (χ3n) is 5.48. The first-order valence-electron chi connectivity index (χ1n) is 7.66. The Labute approximate surface area is 111 Å². The minimum atomic E-state index is -0.239. The quantitative estimate of drug-likeness (QED) is 0.834. The van der Waals surface area contributed by atoms with Crippen LogP contribution in [0.4, 0.5) is 0 Å². The van der Waals surface area contributed by atoms with Gasteiger partial charge in [0, 0.05) is 13.1 Å². The van der Waals surface area contributed by atoms with Gasteiger partial charge in [0.15, 0.2) is 0 Å². The van der Waals surface area contributed by atoms with Gasteiger partial charge in [0.1, 0.15) is 0 Å². The van der Waals surface area contributed by atoms with Gasteiger partial charge in [0.25, 0.3) is 0 Å². The predicted molar refractivity (Wildman–Crippen MR) is 74.5 cm³/mol. The number of hydrogen-bond donors (Lipinski definition) is 1. The summed E-state index contributed by atoms with van der Waals surface area (Å²) < 4.78 is 0. The Morgan fingerprint density at radius 2 is 1.89 bits per heavy atom. The molecule has 0 radical (unpaired) electrons. The second-order valence-corrected chi connectivity index (χ2v) is 6.15. The Hall–Kier alpha value is -0.570. The van der Waals surface area contributed by atoms with Gasteiger partial charge in [-0.15, -0.1) is 0 Å². The molecule has 0 spiro atoms. The van der Waals surface area contributed by atoms with Gasteiger partial charge in [-0.25, -0.2) is 0 Å². The normalized spacial score (nSPS) is 30.9. The zero-order valence-corrected chi connectivity index (χ0v) is 12.2. The van der Waals surface area contributed by atoms with Crippen LogP contribution in [0.25, 0.3) is 0 Å². The highest BCUT2D eigenvalue weighted by Crippen LogP contribution is 2.38. The first-order chi connectivity index (χ1) is 8.61. The van der Waals surface area contributed by atoms with Crippen molar-refractivity contribution in [1.82, 2.24) is 10.2 Å². The lowest BCUT2D eigenvalue weighted by atomic mass is 9.82. The van der Waals surface area contributed by atoms with Crippen molar-refractivity contribution in [2.45, 2.75) is 64.8 Å². The highest BCUT2D eigenvalue weighted by Gasteiger charge is 2.46. The van der Waals surface area contributed by atoms with Crippen LogP contribution in [0.2, 0.25) is 0 Å². The number of likely N-dealkylation sites (tertiary alicyclic amines) is 1. The molecule has 18 heavy (non-hydrogen) atoms. The first-order valence-corrected chi connectivity index (χ1v) is 7.66. The number of nitrogens with one attached hydrogen (secondary N) is 1. The van der Waals surface area contributed by atoms with Crippen molar-refractivity contribution in [3.05, 3.63) is 0 Å². The van der Waals surface area contributed by atoms with Gasteiger partial charge in [0.2, 0.25) is 5.91 Å². The molecule has 0 aromatic rings. The molecule has 1 atom stereocenters. The first kappa shape index (κ1) is 13.9. The molecular formula is C15H28N2O. The summed E-state index contributed by atoms with van der Waals surface area (Å²) in [7, 11) is 0. The van der Waals surface area contributed by atoms with E-state index in [1.165, 1.54) is 19.3 Å². The largest absolute Gasteiger partial charge is 0.341 e. The Kier molecular flexibility index (Phi) is 4.00. The molecule has 1 amide bonds. The van der Waals surface area contributed by atoms with Crippen LogP contribution in [0.1, 0.15) is 59.3 Å². The molecule has 3 heteroatoms. The van der Waals surface area contributed by atoms with Gasteiger partial charge in [0.05, 0.1) is 5.54 Å². The van der Waals surface area contributed by atoms with E-state index < -0.39 is 0 Å². The molecule has 0 bridgehead atoms. The molecule has 2 fully saturated rings. The molecular weight excluding hydrogens is 224 g/mol. The van der Waals surface area contributed by atoms with E-state index in [-0.39, 0.29) is 5.54 Å². The molecule has 1 unspecified atom stereocenters. The minimum Gasteiger partial charge on any atom is -0.341 e. The Bertz CT molecular complexity index is 304. The van der Waals surface area contributed by atoms with Gasteiger partial charge >= 0.3 is 0 Å². The zero-order valence-electron chi connectivity index (χ0n) is 12.2. The fourth-order valence-corrected chi connectivity index (χ4v) is 3.68. The second-order valence-electron chi connectivity index (χ2n) is 6.15. The maximum atomic E-state index is 12.8. The van der Waals surface area contributed by atoms with Crippen LogP contribution in [0.3, 0.4) is 0 Å². The summed E-state index contributed by atoms with van der Waals surface area (Å²) in [5.74, 6) is 0.367. The number of carbonyl (C=O) groups is 1. The van der Waals surface area contributed by atoms with Crippen LogP contribution in [0, 0.1) is 5.41 Å². The third-order valence-corrected chi connectivity index (χ3v) is 5.48. The number of hydrogen-bond acceptors (Lipinski definition) is 2. The Morgan fingerprint density at radius 1 is 1.17 bits per heavy atom. The molecule has 2 aliphatic rings. The lowest BCUT2D eigenvalue weighted by Crippen LogP contribution is -2.54. The molecule has 0 aromatic heterocycles. The van der Waals surface area contributed by atoms with E-state index in [9.17, 15) is 4.79 Å². The maximum absolute atomic E-state index is 12.8. The predicted octanol–water partition coefficient (Wildman–Crippen LogP) is 2.56. The maximum Gasteiger partial charge on any atom is 0.242 e. The molecule has 1 N–H and O–H groups in total. The lowest BCUT2D eigenvalue weighted by molar-refractivity contribution is -0.137. The fraction of sp³-hybridized carbons (Fsp3) is 0.933. The van der Waals surface area contributed by atoms with Crippen molar-refractivity contribution >= 4 is 5.91 Å². The highest BCUT2D eigenvalue weighted by atomic mass is 16.2. The number of rotatable bonds is 4. The van der Waals surface area contributed by atoms with Crippen LogP contribution >= 0.6 is 0 Å². The van der Waals surface area contributed by atoms with Crippen molar-refractivity contribution in [3.8, 4) is 0 Å². The van der Waals surface area contributed by atoms with Crippen molar-refractivity contribution in [1.29, 1.82) is 0 Å². The van der Waals surface area contributed by atoms with Crippen LogP contribution in [-0.2, 0) is 4.79 Å². The van der Waals surface area contributed by atoms with Gasteiger partial charge in [-0.05, 0) is 50.5 Å². The van der Waals surface area contributed by atoms with E-state index in [4.69, 9.17) is 0 Å². The number of carbonyl (C=O) groups excluding carboxylic acids is 1. The monoisotopic (exact) mass is 252 g/mol. The van der Waals surface area contributed by atoms with Crippen molar-refractivity contribution < 1.29 is 4.79 Å². The van der Waals surface area contributed by atoms with Crippen LogP contribution in [0.15, 0.2) is 0 Å². The lowest BCUT2D eigenvalue weighted by Gasteiger charge is -2.33. The van der Waals surface area contributed by atoms with E-state index in [2.05, 4.69) is 31.0 Å². The molecule has 104 valence electrons.